The van der Waals surface area contributed by atoms with Crippen LogP contribution < -0.4 is 10.9 Å². The maximum Gasteiger partial charge on any atom is 0.268 e. The molecule has 6 heteroatoms. The molecule has 1 amide bonds. The van der Waals surface area contributed by atoms with Gasteiger partial charge in [0.05, 0.1) is 0 Å². The van der Waals surface area contributed by atoms with Crippen molar-refractivity contribution in [3.05, 3.63) is 92.6 Å². The van der Waals surface area contributed by atoms with Gasteiger partial charge in [0, 0.05) is 29.6 Å². The van der Waals surface area contributed by atoms with Crippen LogP contribution in [0.25, 0.3) is 5.69 Å². The van der Waals surface area contributed by atoms with Gasteiger partial charge in [-0.15, -0.1) is 0 Å². The Hall–Kier alpha value is -3.54. The SMILES string of the molecule is Cc1cc(C)cc(NC(=O)c2c3c(cn(-c4ccc(F)cc4)c2=O)C(=O)CC(C)(C)C3)c1. The van der Waals surface area contributed by atoms with Crippen LogP contribution in [-0.2, 0) is 6.42 Å². The lowest BCUT2D eigenvalue weighted by Gasteiger charge is -2.31. The molecule has 5 nitrogen and oxygen atoms in total. The van der Waals surface area contributed by atoms with Crippen LogP contribution in [-0.4, -0.2) is 16.3 Å². The molecule has 1 aromatic heterocycles. The number of hydrogen-bond acceptors (Lipinski definition) is 3. The van der Waals surface area contributed by atoms with Crippen molar-refractivity contribution in [1.82, 2.24) is 4.57 Å². The first-order chi connectivity index (χ1) is 15.0. The van der Waals surface area contributed by atoms with Crippen LogP contribution in [0.15, 0.2) is 53.5 Å². The minimum Gasteiger partial charge on any atom is -0.322 e. The van der Waals surface area contributed by atoms with Crippen molar-refractivity contribution in [2.24, 2.45) is 5.41 Å². The molecule has 4 rings (SSSR count). The van der Waals surface area contributed by atoms with E-state index in [9.17, 15) is 18.8 Å². The summed E-state index contributed by atoms with van der Waals surface area (Å²) in [4.78, 5) is 39.9. The Balaban J connectivity index is 1.91. The average molecular weight is 432 g/mol. The zero-order chi connectivity index (χ0) is 23.2. The van der Waals surface area contributed by atoms with Crippen molar-refractivity contribution >= 4 is 17.4 Å². The molecular formula is C26H25FN2O3. The molecule has 0 aliphatic heterocycles. The topological polar surface area (TPSA) is 68.2 Å². The van der Waals surface area contributed by atoms with Crippen LogP contribution in [0.2, 0.25) is 0 Å². The van der Waals surface area contributed by atoms with Gasteiger partial charge in [-0.05, 0) is 78.8 Å². The average Bonchev–Trinajstić information content (AvgIpc) is 2.66. The van der Waals surface area contributed by atoms with E-state index < -0.39 is 17.3 Å². The monoisotopic (exact) mass is 432 g/mol. The van der Waals surface area contributed by atoms with Gasteiger partial charge in [0.1, 0.15) is 11.4 Å². The van der Waals surface area contributed by atoms with Gasteiger partial charge in [-0.3, -0.25) is 19.0 Å². The number of hydrogen-bond donors (Lipinski definition) is 1. The Morgan fingerprint density at radius 3 is 2.25 bits per heavy atom. The maximum absolute atomic E-state index is 13.5. The zero-order valence-electron chi connectivity index (χ0n) is 18.6. The molecule has 2 aromatic carbocycles. The van der Waals surface area contributed by atoms with Crippen molar-refractivity contribution < 1.29 is 14.0 Å². The van der Waals surface area contributed by atoms with E-state index in [1.165, 1.54) is 35.0 Å². The van der Waals surface area contributed by atoms with E-state index in [1.807, 2.05) is 45.9 Å². The van der Waals surface area contributed by atoms with Crippen LogP contribution >= 0.6 is 0 Å². The number of halogens is 1. The molecule has 0 saturated carbocycles. The highest BCUT2D eigenvalue weighted by Crippen LogP contribution is 2.36. The van der Waals surface area contributed by atoms with Gasteiger partial charge in [0.25, 0.3) is 11.5 Å². The van der Waals surface area contributed by atoms with Crippen LogP contribution in [0.5, 0.6) is 0 Å². The van der Waals surface area contributed by atoms with Gasteiger partial charge in [-0.1, -0.05) is 19.9 Å². The van der Waals surface area contributed by atoms with Crippen molar-refractivity contribution in [3.63, 3.8) is 0 Å². The number of ketones is 1. The third kappa shape index (κ3) is 4.13. The largest absolute Gasteiger partial charge is 0.322 e. The lowest BCUT2D eigenvalue weighted by molar-refractivity contribution is 0.0910. The second-order valence-corrected chi connectivity index (χ2v) is 9.32. The summed E-state index contributed by atoms with van der Waals surface area (Å²) in [6, 6.07) is 11.0. The Labute approximate surface area is 185 Å². The van der Waals surface area contributed by atoms with E-state index >= 15 is 0 Å². The van der Waals surface area contributed by atoms with Crippen LogP contribution in [0.3, 0.4) is 0 Å². The lowest BCUT2D eigenvalue weighted by Crippen LogP contribution is -2.37. The van der Waals surface area contributed by atoms with E-state index in [4.69, 9.17) is 0 Å². The number of nitrogens with zero attached hydrogens (tertiary/aromatic N) is 1. The van der Waals surface area contributed by atoms with Gasteiger partial charge in [-0.25, -0.2) is 4.39 Å². The number of nitrogens with one attached hydrogen (secondary N) is 1. The predicted octanol–water partition coefficient (Wildman–Crippen LogP) is 5.00. The number of pyridine rings is 1. The van der Waals surface area contributed by atoms with Crippen LogP contribution in [0.4, 0.5) is 10.1 Å². The van der Waals surface area contributed by atoms with Crippen molar-refractivity contribution in [3.8, 4) is 5.69 Å². The molecule has 1 heterocycles. The molecule has 0 saturated heterocycles. The predicted molar refractivity (Wildman–Crippen MR) is 122 cm³/mol. The van der Waals surface area contributed by atoms with Crippen LogP contribution in [0.1, 0.15) is 57.7 Å². The standard InChI is InChI=1S/C26H25FN2O3/c1-15-9-16(2)11-18(10-15)28-24(31)23-20-12-26(3,4)13-22(30)21(20)14-29(25(23)32)19-7-5-17(27)6-8-19/h5-11,14H,12-13H2,1-4H3,(H,28,31). The van der Waals surface area contributed by atoms with E-state index in [-0.39, 0.29) is 16.8 Å². The molecule has 32 heavy (non-hydrogen) atoms. The van der Waals surface area contributed by atoms with Crippen LogP contribution in [0, 0.1) is 25.1 Å². The molecule has 1 aliphatic carbocycles. The lowest BCUT2D eigenvalue weighted by atomic mass is 9.73. The molecule has 1 N–H and O–H groups in total. The molecule has 3 aromatic rings. The summed E-state index contributed by atoms with van der Waals surface area (Å²) in [6.07, 6.45) is 2.24. The van der Waals surface area contributed by atoms with Gasteiger partial charge < -0.3 is 5.32 Å². The summed E-state index contributed by atoms with van der Waals surface area (Å²) < 4.78 is 14.7. The fraction of sp³-hybridized carbons (Fsp3) is 0.269. The molecule has 0 atom stereocenters. The first kappa shape index (κ1) is 21.7. The Kier molecular flexibility index (Phi) is 5.33. The summed E-state index contributed by atoms with van der Waals surface area (Å²) >= 11 is 0. The highest BCUT2D eigenvalue weighted by atomic mass is 19.1. The quantitative estimate of drug-likeness (QED) is 0.633. The minimum atomic E-state index is -0.557. The normalized spacial score (nSPS) is 14.7. The van der Waals surface area contributed by atoms with Gasteiger partial charge in [0.2, 0.25) is 0 Å². The third-order valence-corrected chi connectivity index (χ3v) is 5.72. The number of aryl methyl sites for hydroxylation is 2. The van der Waals surface area contributed by atoms with Crippen molar-refractivity contribution in [2.75, 3.05) is 5.32 Å². The van der Waals surface area contributed by atoms with Crippen molar-refractivity contribution in [1.29, 1.82) is 0 Å². The summed E-state index contributed by atoms with van der Waals surface area (Å²) in [5.41, 5.74) is 2.81. The fourth-order valence-corrected chi connectivity index (χ4v) is 4.41. The first-order valence-electron chi connectivity index (χ1n) is 10.5. The van der Waals surface area contributed by atoms with Gasteiger partial charge in [-0.2, -0.15) is 0 Å². The number of fused-ring (bicyclic) bond motifs is 1. The second kappa shape index (κ2) is 7.86. The maximum atomic E-state index is 13.5. The second-order valence-electron chi connectivity index (χ2n) is 9.32. The summed E-state index contributed by atoms with van der Waals surface area (Å²) in [5.74, 6) is -1.11. The highest BCUT2D eigenvalue weighted by Gasteiger charge is 2.36. The number of rotatable bonds is 3. The minimum absolute atomic E-state index is 0.0490. The highest BCUT2D eigenvalue weighted by molar-refractivity contribution is 6.08. The summed E-state index contributed by atoms with van der Waals surface area (Å²) in [7, 11) is 0. The van der Waals surface area contributed by atoms with E-state index in [0.717, 1.165) is 11.1 Å². The van der Waals surface area contributed by atoms with Crippen molar-refractivity contribution in [2.45, 2.75) is 40.5 Å². The fourth-order valence-electron chi connectivity index (χ4n) is 4.41. The number of aromatic nitrogens is 1. The first-order valence-corrected chi connectivity index (χ1v) is 10.5. The van der Waals surface area contributed by atoms with E-state index in [1.54, 1.807) is 0 Å². The number of carbonyl (C=O) groups is 2. The molecule has 0 unspecified atom stereocenters. The number of carbonyl (C=O) groups excluding carboxylic acids is 2. The molecular weight excluding hydrogens is 407 g/mol. The zero-order valence-corrected chi connectivity index (χ0v) is 18.6. The van der Waals surface area contributed by atoms with E-state index in [0.29, 0.717) is 35.3 Å². The molecule has 0 bridgehead atoms. The number of anilines is 1. The molecule has 0 fully saturated rings. The Bertz CT molecular complexity index is 1280. The molecule has 0 radical (unpaired) electrons. The van der Waals surface area contributed by atoms with Gasteiger partial charge in [0.15, 0.2) is 5.78 Å². The summed E-state index contributed by atoms with van der Waals surface area (Å²) in [6.45, 7) is 7.75. The van der Waals surface area contributed by atoms with Gasteiger partial charge >= 0.3 is 0 Å². The third-order valence-electron chi connectivity index (χ3n) is 5.72. The van der Waals surface area contributed by atoms with E-state index in [2.05, 4.69) is 5.32 Å². The molecule has 164 valence electrons. The number of amides is 1. The Morgan fingerprint density at radius 1 is 1.00 bits per heavy atom. The molecule has 1 aliphatic rings. The summed E-state index contributed by atoms with van der Waals surface area (Å²) in [5, 5.41) is 2.84. The smallest absolute Gasteiger partial charge is 0.268 e. The number of Topliss-reactive ketones (excluding diaryl/α,β-unsaturated/α-hetero) is 1. The molecule has 0 spiro atoms. The Morgan fingerprint density at radius 2 is 1.62 bits per heavy atom. The number of benzene rings is 2.